The first-order chi connectivity index (χ1) is 53.8. The molecule has 7 N–H and O–H groups in total. The van der Waals surface area contributed by atoms with Crippen LogP contribution < -0.4 is 32.3 Å². The predicted octanol–water partition coefficient (Wildman–Crippen LogP) is 16.1. The molecule has 9 heterocycles. The number of amides is 4. The molecule has 0 aromatic heterocycles. The van der Waals surface area contributed by atoms with Gasteiger partial charge in [0, 0.05) is 217 Å². The minimum atomic E-state index is 0. The fraction of sp³-hybridized carbons (Fsp3) is 0.898. The molecule has 0 bridgehead atoms. The average Bonchev–Trinajstić information content (AvgIpc) is 1.76. The zero-order chi connectivity index (χ0) is 91.1. The maximum Gasteiger partial charge on any atom is 0.225 e. The molecule has 0 aromatic rings. The smallest absolute Gasteiger partial charge is 0.225 e. The van der Waals surface area contributed by atoms with Gasteiger partial charge in [-0.1, -0.05) is 33.9 Å². The summed E-state index contributed by atoms with van der Waals surface area (Å²) in [5.74, 6) is 5.10. The Bertz CT molecular complexity index is 2930. The lowest BCUT2D eigenvalue weighted by molar-refractivity contribution is -0.132. The van der Waals surface area contributed by atoms with Crippen molar-refractivity contribution in [3.05, 3.63) is 24.6 Å². The minimum Gasteiger partial charge on any atom is -0.402 e. The molecule has 9 aliphatic rings. The van der Waals surface area contributed by atoms with E-state index in [9.17, 15) is 28.8 Å². The van der Waals surface area contributed by atoms with Crippen LogP contribution in [0.5, 0.6) is 0 Å². The first-order valence-corrected chi connectivity index (χ1v) is 46.4. The molecule has 0 aliphatic carbocycles. The number of ketones is 2. The van der Waals surface area contributed by atoms with Gasteiger partial charge in [-0.15, -0.1) is 0 Å². The number of carbonyl (C=O) groups is 6. The molecule has 0 aromatic carbocycles. The van der Waals surface area contributed by atoms with Crippen molar-refractivity contribution in [2.24, 2.45) is 41.2 Å². The fourth-order valence-electron chi connectivity index (χ4n) is 16.5. The van der Waals surface area contributed by atoms with E-state index in [2.05, 4.69) is 278 Å². The van der Waals surface area contributed by atoms with Gasteiger partial charge < -0.3 is 41.9 Å². The van der Waals surface area contributed by atoms with Crippen LogP contribution >= 0.6 is 0 Å². The topological polar surface area (TPSA) is 218 Å². The van der Waals surface area contributed by atoms with Gasteiger partial charge in [-0.3, -0.25) is 63.3 Å². The molecule has 9 aliphatic heterocycles. The number of nitrogens with zero attached hydrogens (tertiary/aromatic N) is 9. The Hall–Kier alpha value is -4.06. The van der Waals surface area contributed by atoms with Crippen LogP contribution in [-0.2, 0) is 28.8 Å². The second-order valence-corrected chi connectivity index (χ2v) is 45.4. The van der Waals surface area contributed by atoms with E-state index in [1.807, 2.05) is 6.92 Å². The van der Waals surface area contributed by atoms with Gasteiger partial charge in [0.1, 0.15) is 11.6 Å². The number of hydrogen-bond acceptors (Lipinski definition) is 17. The maximum absolute atomic E-state index is 11.1. The van der Waals surface area contributed by atoms with Gasteiger partial charge >= 0.3 is 0 Å². The predicted molar refractivity (Wildman–Crippen MR) is 509 cm³/mol. The summed E-state index contributed by atoms with van der Waals surface area (Å²) in [6.07, 6.45) is 17.6. The summed E-state index contributed by atoms with van der Waals surface area (Å²) in [6.45, 7) is 102. The average molecular weight is 1680 g/mol. The van der Waals surface area contributed by atoms with Crippen molar-refractivity contribution in [2.45, 2.75) is 407 Å². The molecule has 9 saturated heterocycles. The van der Waals surface area contributed by atoms with Crippen molar-refractivity contribution in [1.29, 1.82) is 0 Å². The van der Waals surface area contributed by atoms with Gasteiger partial charge in [-0.25, -0.2) is 0 Å². The van der Waals surface area contributed by atoms with Crippen molar-refractivity contribution in [3.63, 3.8) is 0 Å². The number of hydrogen-bond donors (Lipinski definition) is 6. The lowest BCUT2D eigenvalue weighted by atomic mass is 9.90. The molecule has 21 nitrogen and oxygen atoms in total. The first-order valence-electron chi connectivity index (χ1n) is 46.4. The number of rotatable bonds is 16. The lowest BCUT2D eigenvalue weighted by Gasteiger charge is -2.47. The summed E-state index contributed by atoms with van der Waals surface area (Å²) in [6, 6.07) is 1.08. The molecule has 6 atom stereocenters. The Balaban J connectivity index is 0.00000132. The van der Waals surface area contributed by atoms with Gasteiger partial charge in [-0.2, -0.15) is 0 Å². The van der Waals surface area contributed by atoms with E-state index in [0.29, 0.717) is 52.2 Å². The van der Waals surface area contributed by atoms with Crippen LogP contribution in [0, 0.1) is 35.5 Å². The van der Waals surface area contributed by atoms with Gasteiger partial charge in [0.25, 0.3) is 0 Å². The zero-order valence-corrected chi connectivity index (χ0v) is 83.7. The molecule has 9 rings (SSSR count). The van der Waals surface area contributed by atoms with Crippen molar-refractivity contribution >= 4 is 35.2 Å². The summed E-state index contributed by atoms with van der Waals surface area (Å²) < 4.78 is 0. The Morgan fingerprint density at radius 3 is 0.950 bits per heavy atom. The molecule has 119 heavy (non-hydrogen) atoms. The van der Waals surface area contributed by atoms with E-state index in [4.69, 9.17) is 5.73 Å². The lowest BCUT2D eigenvalue weighted by Crippen LogP contribution is -2.64. The first kappa shape index (κ1) is 115. The minimum absolute atomic E-state index is 0. The number of carbonyl (C=O) groups excluding carboxylic acids is 6. The van der Waals surface area contributed by atoms with E-state index in [0.717, 1.165) is 139 Å². The number of nitrogens with two attached hydrogens (primary N) is 1. The Morgan fingerprint density at radius 1 is 0.336 bits per heavy atom. The van der Waals surface area contributed by atoms with Crippen molar-refractivity contribution in [2.75, 3.05) is 131 Å². The molecule has 6 unspecified atom stereocenters. The maximum atomic E-state index is 11.1. The highest BCUT2D eigenvalue weighted by Crippen LogP contribution is 2.33. The normalized spacial score (nSPS) is 23.3. The molecule has 0 radical (unpaired) electrons. The van der Waals surface area contributed by atoms with Crippen LogP contribution in [-0.4, -0.2) is 279 Å². The van der Waals surface area contributed by atoms with E-state index in [1.54, 1.807) is 41.7 Å². The van der Waals surface area contributed by atoms with Crippen LogP contribution in [0.2, 0.25) is 0 Å². The molecular weight excluding hydrogens is 1480 g/mol. The summed E-state index contributed by atoms with van der Waals surface area (Å²) in [5.41, 5.74) is 10.2. The van der Waals surface area contributed by atoms with Gasteiger partial charge in [0.15, 0.2) is 0 Å². The SMILES string of the molecule is C.C=C(C)NCC1CN(C(C)(C)C)C1.C=C(N)C1CCCN(C(C)(C)C)C1.CC(=O)CCC1CCCN(C(C)(C)C)C1.CC(=O)CCC1CCN(C(C)(C)C)C1.CC(=O)NC1CCCN(C(C)(C)C)C1.CC(=O)NC1CCN(C(C)(C)C)C1.CC(=O)NC1CN(C(C)(C)C)C1.CCCC1CCN(C(C)(C)C)C1.CNC(=O)C1CN(C(C)(C)C)C1. The summed E-state index contributed by atoms with van der Waals surface area (Å²) in [4.78, 5) is 87.6. The monoisotopic (exact) mass is 1680 g/mol. The van der Waals surface area contributed by atoms with E-state index < -0.39 is 0 Å². The third-order valence-corrected chi connectivity index (χ3v) is 24.9. The molecule has 21 heteroatoms. The van der Waals surface area contributed by atoms with E-state index in [1.165, 1.54) is 117 Å². The molecule has 700 valence electrons. The van der Waals surface area contributed by atoms with Crippen LogP contribution in [0.4, 0.5) is 0 Å². The highest BCUT2D eigenvalue weighted by atomic mass is 16.2. The molecular formula is C98H197N15O6. The standard InChI is InChI=1S/C13H25NO.C12H23NO.C11H22N2O.2C11H22N2.C11H23N.C10H20N2O.2C9H18N2O.CH4/c1-11(15)7-8-12-6-5-9-14(10-12)13(2,3)4;1-10(14)5-6-11-7-8-13(9-11)12(2,3)4;1-9(14)12-10-6-5-7-13(8-10)11(2,3)4;1-9(2)12-6-10-7-13(8-10)11(3,4)5;1-9(12)10-6-5-7-13(8-10)11(2,3)4;1-5-6-10-7-8-12(9-10)11(2,3)4;1-8(13)11-9-5-6-12(7-9)10(2,3)4;1-9(2,3)11-5-7(6-11)8(12)10-4;1-7(12)10-8-5-11(6-8)9(2,3)4;/h12H,5-10H2,1-4H3;11H,5-9H2,1-4H3;10H,5-8H2,1-4H3,(H,12,14);10,12H,1,6-8H2,2-5H3;10H,1,5-8,12H2,2-4H3;10H,5-9H2,1-4H3;9H,5-7H2,1-4H3,(H,11,13);7H,5-6H2,1-4H3,(H,10,12);8H,5-6H2,1-4H3,(H,10,12);1H4. The quantitative estimate of drug-likeness (QED) is 0.0847. The number of nitrogens with one attached hydrogen (secondary N) is 5. The largest absolute Gasteiger partial charge is 0.402 e. The molecule has 0 saturated carbocycles. The number of likely N-dealkylation sites (tertiary alicyclic amines) is 9. The van der Waals surface area contributed by atoms with Crippen LogP contribution in [0.3, 0.4) is 0 Å². The van der Waals surface area contributed by atoms with Gasteiger partial charge in [0.2, 0.25) is 23.6 Å². The Kier molecular flexibility index (Phi) is 50.4. The number of piperidine rings is 3. The molecule has 4 amide bonds. The number of allylic oxidation sites excluding steroid dienone is 1. The third kappa shape index (κ3) is 48.9. The van der Waals surface area contributed by atoms with Crippen LogP contribution in [0.15, 0.2) is 24.6 Å². The summed E-state index contributed by atoms with van der Waals surface area (Å²) in [5, 5.41) is 14.8. The van der Waals surface area contributed by atoms with E-state index >= 15 is 0 Å². The third-order valence-electron chi connectivity index (χ3n) is 24.9. The highest BCUT2D eigenvalue weighted by Gasteiger charge is 2.40. The van der Waals surface area contributed by atoms with Crippen molar-refractivity contribution < 1.29 is 28.8 Å². The Morgan fingerprint density at radius 2 is 0.613 bits per heavy atom. The van der Waals surface area contributed by atoms with Crippen LogP contribution in [0.1, 0.15) is 339 Å². The highest BCUT2D eigenvalue weighted by molar-refractivity contribution is 5.79. The van der Waals surface area contributed by atoms with Crippen molar-refractivity contribution in [3.8, 4) is 0 Å². The van der Waals surface area contributed by atoms with Crippen molar-refractivity contribution in [1.82, 2.24) is 70.7 Å². The second-order valence-electron chi connectivity index (χ2n) is 45.4. The molecule has 9 fully saturated rings. The van der Waals surface area contributed by atoms with E-state index in [-0.39, 0.29) is 70.2 Å². The summed E-state index contributed by atoms with van der Waals surface area (Å²) >= 11 is 0. The van der Waals surface area contributed by atoms with Gasteiger partial charge in [-0.05, 0) is 335 Å². The van der Waals surface area contributed by atoms with Gasteiger partial charge in [0.05, 0.1) is 12.0 Å². The van der Waals surface area contributed by atoms with Crippen LogP contribution in [0.25, 0.3) is 0 Å². The molecule has 0 spiro atoms. The zero-order valence-electron chi connectivity index (χ0n) is 83.7. The second kappa shape index (κ2) is 52.1. The summed E-state index contributed by atoms with van der Waals surface area (Å²) in [7, 11) is 1.70. The fourth-order valence-corrected chi connectivity index (χ4v) is 16.5. The number of Topliss-reactive ketones (excluding diaryl/α,β-unsaturated/α-hetero) is 2. The Labute approximate surface area is 735 Å².